The monoisotopic (exact) mass is 482 g/mol. The van der Waals surface area contributed by atoms with Gasteiger partial charge in [-0.25, -0.2) is 0 Å². The Labute approximate surface area is 172 Å². The summed E-state index contributed by atoms with van der Waals surface area (Å²) in [6, 6.07) is 4.79. The number of hydrogen-bond donors (Lipinski definition) is 0. The molecule has 1 aliphatic heterocycles. The molecule has 0 radical (unpaired) electrons. The van der Waals surface area contributed by atoms with E-state index in [-0.39, 0.29) is 12.2 Å². The van der Waals surface area contributed by atoms with E-state index in [9.17, 15) is 0 Å². The number of ether oxygens (including phenoxy) is 1. The molecule has 1 fully saturated rings. The first-order valence-electron chi connectivity index (χ1n) is 11.4. The standard InChI is InChI=1S/C11H15N2O.3C4H9.Sn/c1-9-7-13(8-10(2)14-9)11-5-3-4-6-12-11;3*1-3-4-2;/h3,5-6,9-10H,7-8H2,1-2H3;3*1,3-4H2,2H3;. The van der Waals surface area contributed by atoms with Crippen molar-refractivity contribution in [3.05, 3.63) is 18.3 Å². The second-order valence-corrected chi connectivity index (χ2v) is 21.9. The van der Waals surface area contributed by atoms with E-state index in [4.69, 9.17) is 9.72 Å². The average Bonchev–Trinajstić information content (AvgIpc) is 2.67. The predicted octanol–water partition coefficient (Wildman–Crippen LogP) is 5.75. The first kappa shape index (κ1) is 23.0. The number of hydrogen-bond acceptors (Lipinski definition) is 3. The minimum atomic E-state index is -2.34. The van der Waals surface area contributed by atoms with Gasteiger partial charge in [-0.05, 0) is 0 Å². The number of rotatable bonds is 11. The fraction of sp³-hybridized carbons (Fsp3) is 0.783. The molecule has 0 bridgehead atoms. The quantitative estimate of drug-likeness (QED) is 0.377. The Balaban J connectivity index is 2.23. The van der Waals surface area contributed by atoms with E-state index < -0.39 is 18.4 Å². The van der Waals surface area contributed by atoms with Crippen molar-refractivity contribution in [1.82, 2.24) is 4.98 Å². The van der Waals surface area contributed by atoms with Gasteiger partial charge in [0.1, 0.15) is 0 Å². The molecule has 3 nitrogen and oxygen atoms in total. The van der Waals surface area contributed by atoms with Crippen LogP contribution < -0.4 is 8.48 Å². The third-order valence-corrected chi connectivity index (χ3v) is 21.7. The number of morpholine rings is 1. The molecule has 1 aromatic heterocycles. The van der Waals surface area contributed by atoms with Crippen molar-refractivity contribution in [1.29, 1.82) is 0 Å². The average molecular weight is 481 g/mol. The number of unbranched alkanes of at least 4 members (excludes halogenated alkanes) is 3. The fourth-order valence-electron chi connectivity index (χ4n) is 4.61. The van der Waals surface area contributed by atoms with E-state index in [0.29, 0.717) is 0 Å². The third-order valence-electron chi connectivity index (χ3n) is 6.13. The van der Waals surface area contributed by atoms with Crippen LogP contribution in [0.3, 0.4) is 0 Å². The molecule has 0 N–H and O–H groups in total. The normalized spacial score (nSPS) is 20.9. The van der Waals surface area contributed by atoms with Crippen molar-refractivity contribution in [2.24, 2.45) is 0 Å². The molecule has 2 rings (SSSR count). The second-order valence-electron chi connectivity index (χ2n) is 8.66. The van der Waals surface area contributed by atoms with Crippen LogP contribution in [-0.4, -0.2) is 48.7 Å². The molecule has 1 saturated heterocycles. The van der Waals surface area contributed by atoms with Gasteiger partial charge in [-0.2, -0.15) is 0 Å². The molecule has 0 spiro atoms. The minimum absolute atomic E-state index is 0.284. The van der Waals surface area contributed by atoms with Crippen LogP contribution in [0.2, 0.25) is 13.3 Å². The number of aromatic nitrogens is 1. The molecule has 2 unspecified atom stereocenters. The van der Waals surface area contributed by atoms with E-state index in [1.54, 1.807) is 3.58 Å². The summed E-state index contributed by atoms with van der Waals surface area (Å²) in [6.45, 7) is 13.3. The molecule has 0 amide bonds. The number of pyridine rings is 1. The Bertz CT molecular complexity index is 502. The van der Waals surface area contributed by atoms with Gasteiger partial charge in [-0.1, -0.05) is 0 Å². The van der Waals surface area contributed by atoms with E-state index in [0.717, 1.165) is 18.9 Å². The van der Waals surface area contributed by atoms with Crippen molar-refractivity contribution in [2.45, 2.75) is 98.7 Å². The number of nitrogens with zero attached hydrogens (tertiary/aromatic N) is 2. The Hall–Kier alpha value is -0.291. The maximum absolute atomic E-state index is 5.89. The van der Waals surface area contributed by atoms with Gasteiger partial charge in [0.2, 0.25) is 0 Å². The summed E-state index contributed by atoms with van der Waals surface area (Å²) in [5, 5.41) is 0. The zero-order chi connectivity index (χ0) is 19.7. The summed E-state index contributed by atoms with van der Waals surface area (Å²) in [4.78, 5) is 7.39. The van der Waals surface area contributed by atoms with Gasteiger partial charge in [0.25, 0.3) is 0 Å². The molecule has 4 heteroatoms. The summed E-state index contributed by atoms with van der Waals surface area (Å²) in [7, 11) is 0. The first-order valence-corrected chi connectivity index (χ1v) is 18.9. The molecular weight excluding hydrogens is 439 g/mol. The van der Waals surface area contributed by atoms with Crippen LogP contribution in [0.1, 0.15) is 73.1 Å². The second kappa shape index (κ2) is 11.6. The van der Waals surface area contributed by atoms with Crippen LogP contribution in [0, 0.1) is 0 Å². The van der Waals surface area contributed by atoms with Crippen LogP contribution in [0.4, 0.5) is 5.82 Å². The Morgan fingerprint density at radius 1 is 0.926 bits per heavy atom. The van der Waals surface area contributed by atoms with Crippen molar-refractivity contribution >= 4 is 27.8 Å². The van der Waals surface area contributed by atoms with Crippen LogP contribution >= 0.6 is 0 Å². The molecule has 0 aromatic carbocycles. The van der Waals surface area contributed by atoms with E-state index >= 15 is 0 Å². The van der Waals surface area contributed by atoms with Gasteiger partial charge in [-0.3, -0.25) is 0 Å². The van der Waals surface area contributed by atoms with Crippen molar-refractivity contribution in [2.75, 3.05) is 18.0 Å². The predicted molar refractivity (Wildman–Crippen MR) is 121 cm³/mol. The summed E-state index contributed by atoms with van der Waals surface area (Å²) in [5.41, 5.74) is 0. The first-order chi connectivity index (χ1) is 13.0. The van der Waals surface area contributed by atoms with Gasteiger partial charge < -0.3 is 0 Å². The molecule has 0 saturated carbocycles. The van der Waals surface area contributed by atoms with Crippen molar-refractivity contribution in [3.63, 3.8) is 0 Å². The topological polar surface area (TPSA) is 25.4 Å². The summed E-state index contributed by atoms with van der Waals surface area (Å²) in [6.07, 6.45) is 11.1. The Kier molecular flexibility index (Phi) is 9.92. The molecule has 27 heavy (non-hydrogen) atoms. The van der Waals surface area contributed by atoms with Crippen LogP contribution in [0.5, 0.6) is 0 Å². The van der Waals surface area contributed by atoms with Gasteiger partial charge >= 0.3 is 172 Å². The van der Waals surface area contributed by atoms with Gasteiger partial charge in [0.15, 0.2) is 0 Å². The van der Waals surface area contributed by atoms with Gasteiger partial charge in [0, 0.05) is 0 Å². The fourth-order valence-corrected chi connectivity index (χ4v) is 20.3. The molecule has 2 atom stereocenters. The summed E-state index contributed by atoms with van der Waals surface area (Å²) >= 11 is -2.34. The molecule has 1 aromatic rings. The van der Waals surface area contributed by atoms with Gasteiger partial charge in [0.05, 0.1) is 0 Å². The van der Waals surface area contributed by atoms with E-state index in [2.05, 4.69) is 57.8 Å². The number of anilines is 1. The zero-order valence-electron chi connectivity index (χ0n) is 18.5. The van der Waals surface area contributed by atoms with E-state index in [1.807, 2.05) is 0 Å². The molecule has 1 aliphatic rings. The third kappa shape index (κ3) is 6.62. The zero-order valence-corrected chi connectivity index (χ0v) is 21.3. The van der Waals surface area contributed by atoms with Crippen molar-refractivity contribution < 1.29 is 4.74 Å². The molecular formula is C23H42N2OSn. The van der Waals surface area contributed by atoms with Crippen molar-refractivity contribution in [3.8, 4) is 0 Å². The molecule has 2 heterocycles. The SMILES string of the molecule is CCC[CH2][Sn]([CH2]CCC)([CH2]CCC)[c]1ccc(N2CC(C)OC(C)C2)nc1. The Morgan fingerprint density at radius 3 is 1.85 bits per heavy atom. The molecule has 0 aliphatic carbocycles. The van der Waals surface area contributed by atoms with E-state index in [1.165, 1.54) is 51.8 Å². The Morgan fingerprint density at radius 2 is 1.44 bits per heavy atom. The van der Waals surface area contributed by atoms with Gasteiger partial charge in [-0.15, -0.1) is 0 Å². The van der Waals surface area contributed by atoms with Crippen LogP contribution in [-0.2, 0) is 4.74 Å². The summed E-state index contributed by atoms with van der Waals surface area (Å²) in [5.74, 6) is 1.14. The summed E-state index contributed by atoms with van der Waals surface area (Å²) < 4.78 is 12.1. The maximum atomic E-state index is 5.89. The van der Waals surface area contributed by atoms with Crippen LogP contribution in [0.15, 0.2) is 18.3 Å². The molecule has 154 valence electrons. The van der Waals surface area contributed by atoms with Crippen LogP contribution in [0.25, 0.3) is 0 Å².